The summed E-state index contributed by atoms with van der Waals surface area (Å²) in [4.78, 5) is 23.9. The second-order valence-electron chi connectivity index (χ2n) is 8.23. The van der Waals surface area contributed by atoms with Crippen molar-refractivity contribution in [3.8, 4) is 22.6 Å². The molecule has 0 saturated carbocycles. The van der Waals surface area contributed by atoms with Crippen LogP contribution in [0.25, 0.3) is 11.1 Å². The Hall–Kier alpha value is -2.62. The Morgan fingerprint density at radius 2 is 1.19 bits per heavy atom. The summed E-state index contributed by atoms with van der Waals surface area (Å²) < 4.78 is 10.8. The van der Waals surface area contributed by atoms with E-state index in [1.165, 1.54) is 25.7 Å². The fourth-order valence-electron chi connectivity index (χ4n) is 3.26. The van der Waals surface area contributed by atoms with E-state index in [4.69, 9.17) is 9.47 Å². The molecule has 0 amide bonds. The van der Waals surface area contributed by atoms with Crippen LogP contribution in [0.4, 0.5) is 0 Å². The first kappa shape index (κ1) is 24.6. The molecule has 0 spiro atoms. The van der Waals surface area contributed by atoms with Gasteiger partial charge in [-0.05, 0) is 47.7 Å². The zero-order valence-corrected chi connectivity index (χ0v) is 19.2. The van der Waals surface area contributed by atoms with Gasteiger partial charge in [-0.15, -0.1) is 0 Å². The van der Waals surface area contributed by atoms with Crippen molar-refractivity contribution < 1.29 is 19.1 Å². The van der Waals surface area contributed by atoms with Crippen molar-refractivity contribution in [1.82, 2.24) is 0 Å². The first-order valence-electron chi connectivity index (χ1n) is 11.6. The summed E-state index contributed by atoms with van der Waals surface area (Å²) in [5, 5.41) is 0. The summed E-state index contributed by atoms with van der Waals surface area (Å²) in [6, 6.07) is 14.9. The van der Waals surface area contributed by atoms with Crippen LogP contribution in [0.15, 0.2) is 48.5 Å². The molecule has 0 fully saturated rings. The van der Waals surface area contributed by atoms with Crippen molar-refractivity contribution >= 4 is 11.9 Å². The molecule has 1 atom stereocenters. The number of carbonyl (C=O) groups excluding carboxylic acids is 2. The maximum atomic E-state index is 12.0. The highest BCUT2D eigenvalue weighted by Crippen LogP contribution is 2.25. The van der Waals surface area contributed by atoms with Crippen LogP contribution < -0.4 is 9.47 Å². The van der Waals surface area contributed by atoms with Crippen molar-refractivity contribution in [3.05, 3.63) is 48.5 Å². The van der Waals surface area contributed by atoms with E-state index in [9.17, 15) is 9.59 Å². The fourth-order valence-corrected chi connectivity index (χ4v) is 3.26. The minimum Gasteiger partial charge on any atom is -0.427 e. The molecule has 1 unspecified atom stereocenters. The van der Waals surface area contributed by atoms with Crippen LogP contribution in [0.3, 0.4) is 0 Å². The van der Waals surface area contributed by atoms with Crippen molar-refractivity contribution in [3.63, 3.8) is 0 Å². The average molecular weight is 425 g/mol. The van der Waals surface area contributed by atoms with Gasteiger partial charge in [0.2, 0.25) is 0 Å². The summed E-state index contributed by atoms with van der Waals surface area (Å²) >= 11 is 0. The largest absolute Gasteiger partial charge is 0.427 e. The molecular formula is C27H36O4. The molecule has 0 radical (unpaired) electrons. The number of unbranched alkanes of at least 4 members (excludes halogenated alkanes) is 5. The standard InChI is InChI=1S/C27H36O4/c1-4-6-7-8-9-10-11-26(28)30-24-16-12-22(13-17-24)23-14-18-25(19-15-23)31-27(29)20-21(3)5-2/h12-19,21H,4-11,20H2,1-3H3. The molecule has 0 saturated heterocycles. The Bertz CT molecular complexity index is 793. The highest BCUT2D eigenvalue weighted by Gasteiger charge is 2.10. The lowest BCUT2D eigenvalue weighted by Gasteiger charge is -2.09. The molecule has 2 rings (SSSR count). The highest BCUT2D eigenvalue weighted by atomic mass is 16.5. The van der Waals surface area contributed by atoms with Crippen LogP contribution in [0.5, 0.6) is 11.5 Å². The van der Waals surface area contributed by atoms with Crippen molar-refractivity contribution in [2.75, 3.05) is 0 Å². The smallest absolute Gasteiger partial charge is 0.311 e. The van der Waals surface area contributed by atoms with Gasteiger partial charge in [-0.1, -0.05) is 83.6 Å². The SMILES string of the molecule is CCCCCCCCC(=O)Oc1ccc(-c2ccc(OC(=O)CC(C)CC)cc2)cc1. The summed E-state index contributed by atoms with van der Waals surface area (Å²) in [7, 11) is 0. The highest BCUT2D eigenvalue weighted by molar-refractivity contribution is 5.74. The Balaban J connectivity index is 1.80. The lowest BCUT2D eigenvalue weighted by molar-refractivity contribution is -0.136. The van der Waals surface area contributed by atoms with Gasteiger partial charge in [-0.3, -0.25) is 9.59 Å². The number of hydrogen-bond acceptors (Lipinski definition) is 4. The first-order valence-corrected chi connectivity index (χ1v) is 11.6. The molecule has 4 heteroatoms. The van der Waals surface area contributed by atoms with Gasteiger partial charge in [-0.25, -0.2) is 0 Å². The zero-order valence-electron chi connectivity index (χ0n) is 19.2. The Labute approximate surface area is 187 Å². The number of hydrogen-bond donors (Lipinski definition) is 0. The lowest BCUT2D eigenvalue weighted by atomic mass is 10.1. The summed E-state index contributed by atoms with van der Waals surface area (Å²) in [5.74, 6) is 1.07. The van der Waals surface area contributed by atoms with E-state index in [1.54, 1.807) is 12.1 Å². The number of ether oxygens (including phenoxy) is 2. The van der Waals surface area contributed by atoms with Gasteiger partial charge in [0.25, 0.3) is 0 Å². The van der Waals surface area contributed by atoms with E-state index in [-0.39, 0.29) is 11.9 Å². The Morgan fingerprint density at radius 1 is 0.710 bits per heavy atom. The van der Waals surface area contributed by atoms with Gasteiger partial charge in [0, 0.05) is 12.8 Å². The average Bonchev–Trinajstić information content (AvgIpc) is 2.77. The summed E-state index contributed by atoms with van der Waals surface area (Å²) in [6.07, 6.45) is 8.74. The molecule has 2 aromatic carbocycles. The van der Waals surface area contributed by atoms with Gasteiger partial charge < -0.3 is 9.47 Å². The minimum atomic E-state index is -0.200. The van der Waals surface area contributed by atoms with Gasteiger partial charge >= 0.3 is 11.9 Å². The summed E-state index contributed by atoms with van der Waals surface area (Å²) in [5.41, 5.74) is 2.01. The van der Waals surface area contributed by atoms with Crippen LogP contribution in [0.2, 0.25) is 0 Å². The molecule has 0 aromatic heterocycles. The second kappa shape index (κ2) is 13.6. The summed E-state index contributed by atoms with van der Waals surface area (Å²) in [6.45, 7) is 6.30. The molecule has 0 aliphatic carbocycles. The zero-order chi connectivity index (χ0) is 22.5. The molecule has 2 aromatic rings. The van der Waals surface area contributed by atoms with E-state index in [0.717, 1.165) is 30.4 Å². The van der Waals surface area contributed by atoms with Crippen LogP contribution in [-0.2, 0) is 9.59 Å². The van der Waals surface area contributed by atoms with E-state index < -0.39 is 0 Å². The maximum absolute atomic E-state index is 12.0. The Kier molecular flexibility index (Phi) is 10.8. The third-order valence-electron chi connectivity index (χ3n) is 5.45. The normalized spacial score (nSPS) is 11.7. The third-order valence-corrected chi connectivity index (χ3v) is 5.45. The number of benzene rings is 2. The molecule has 0 N–H and O–H groups in total. The maximum Gasteiger partial charge on any atom is 0.311 e. The quantitative estimate of drug-likeness (QED) is 0.192. The van der Waals surface area contributed by atoms with Crippen molar-refractivity contribution in [1.29, 1.82) is 0 Å². The van der Waals surface area contributed by atoms with Gasteiger partial charge in [0.15, 0.2) is 0 Å². The fraction of sp³-hybridized carbons (Fsp3) is 0.481. The predicted molar refractivity (Wildman–Crippen MR) is 125 cm³/mol. The van der Waals surface area contributed by atoms with Crippen molar-refractivity contribution in [2.45, 2.75) is 78.6 Å². The van der Waals surface area contributed by atoms with Crippen LogP contribution in [-0.4, -0.2) is 11.9 Å². The first-order chi connectivity index (χ1) is 15.0. The number of carbonyl (C=O) groups is 2. The topological polar surface area (TPSA) is 52.6 Å². The van der Waals surface area contributed by atoms with Gasteiger partial charge in [0.1, 0.15) is 11.5 Å². The van der Waals surface area contributed by atoms with Crippen LogP contribution in [0, 0.1) is 5.92 Å². The molecular weight excluding hydrogens is 388 g/mol. The third kappa shape index (κ3) is 9.37. The van der Waals surface area contributed by atoms with E-state index in [2.05, 4.69) is 13.8 Å². The van der Waals surface area contributed by atoms with Crippen LogP contribution >= 0.6 is 0 Å². The molecule has 0 heterocycles. The van der Waals surface area contributed by atoms with Crippen LogP contribution in [0.1, 0.15) is 78.6 Å². The molecule has 0 aliphatic heterocycles. The predicted octanol–water partition coefficient (Wildman–Crippen LogP) is 7.35. The lowest BCUT2D eigenvalue weighted by Crippen LogP contribution is -2.11. The minimum absolute atomic E-state index is 0.174. The van der Waals surface area contributed by atoms with E-state index >= 15 is 0 Å². The Morgan fingerprint density at radius 3 is 1.71 bits per heavy atom. The second-order valence-corrected chi connectivity index (χ2v) is 8.23. The van der Waals surface area contributed by atoms with E-state index in [1.807, 2.05) is 43.3 Å². The number of rotatable bonds is 13. The monoisotopic (exact) mass is 424 g/mol. The van der Waals surface area contributed by atoms with E-state index in [0.29, 0.717) is 30.3 Å². The molecule has 0 bridgehead atoms. The molecule has 4 nitrogen and oxygen atoms in total. The van der Waals surface area contributed by atoms with Gasteiger partial charge in [0.05, 0.1) is 0 Å². The van der Waals surface area contributed by atoms with Crippen molar-refractivity contribution in [2.24, 2.45) is 5.92 Å². The van der Waals surface area contributed by atoms with Gasteiger partial charge in [-0.2, -0.15) is 0 Å². The molecule has 31 heavy (non-hydrogen) atoms. The molecule has 0 aliphatic rings. The molecule has 168 valence electrons. The number of esters is 2.